The van der Waals surface area contributed by atoms with Gasteiger partial charge in [-0.05, 0) is 24.2 Å². The Morgan fingerprint density at radius 2 is 1.39 bits per heavy atom. The maximum absolute atomic E-state index is 11.5. The molecule has 0 aliphatic rings. The van der Waals surface area contributed by atoms with Crippen LogP contribution in [0.4, 0.5) is 0 Å². The van der Waals surface area contributed by atoms with Crippen molar-refractivity contribution in [1.29, 1.82) is 0 Å². The molecule has 1 N–H and O–H groups in total. The summed E-state index contributed by atoms with van der Waals surface area (Å²) in [6.45, 7) is 24.1. The Labute approximate surface area is 149 Å². The molecule has 0 rings (SSSR count). The van der Waals surface area contributed by atoms with E-state index in [0.29, 0.717) is 17.8 Å². The van der Waals surface area contributed by atoms with Crippen LogP contribution in [0.5, 0.6) is 0 Å². The number of carbonyl (C=O) groups is 1. The van der Waals surface area contributed by atoms with Crippen molar-refractivity contribution in [3.05, 3.63) is 0 Å². The van der Waals surface area contributed by atoms with Gasteiger partial charge in [-0.1, -0.05) is 95.4 Å². The zero-order valence-corrected chi connectivity index (χ0v) is 18.4. The molecule has 0 aromatic carbocycles. The maximum atomic E-state index is 11.5. The Kier molecular flexibility index (Phi) is 31.3. The number of carbonyl (C=O) groups excluding carboxylic acids is 1. The second kappa shape index (κ2) is 23.7. The molecule has 0 aliphatic heterocycles. The lowest BCUT2D eigenvalue weighted by atomic mass is 9.85. The molecule has 144 valence electrons. The summed E-state index contributed by atoms with van der Waals surface area (Å²) in [6, 6.07) is 0. The molecule has 0 atom stereocenters. The number of nitrogens with one attached hydrogen (secondary N) is 1. The fourth-order valence-corrected chi connectivity index (χ4v) is 1.22. The van der Waals surface area contributed by atoms with Crippen LogP contribution in [-0.2, 0) is 4.79 Å². The largest absolute Gasteiger partial charge is 0.356 e. The number of unbranched alkanes of at least 4 members (excludes halogenated alkanes) is 1. The predicted molar refractivity (Wildman–Crippen MR) is 109 cm³/mol. The van der Waals surface area contributed by atoms with Crippen molar-refractivity contribution in [3.8, 4) is 0 Å². The van der Waals surface area contributed by atoms with Gasteiger partial charge in [-0.25, -0.2) is 0 Å². The minimum absolute atomic E-state index is 0.206. The fraction of sp³-hybridized carbons (Fsp3) is 0.952. The van der Waals surface area contributed by atoms with Crippen LogP contribution in [0.3, 0.4) is 0 Å². The molecule has 0 heterocycles. The molecule has 2 heteroatoms. The summed E-state index contributed by atoms with van der Waals surface area (Å²) in [5, 5.41) is 2.97. The Hall–Kier alpha value is -0.530. The zero-order valence-electron chi connectivity index (χ0n) is 18.4. The van der Waals surface area contributed by atoms with Crippen LogP contribution in [0, 0.1) is 11.3 Å². The molecule has 0 aromatic heterocycles. The van der Waals surface area contributed by atoms with Crippen molar-refractivity contribution >= 4 is 5.91 Å². The van der Waals surface area contributed by atoms with E-state index in [2.05, 4.69) is 53.8 Å². The zero-order chi connectivity index (χ0) is 19.3. The summed E-state index contributed by atoms with van der Waals surface area (Å²) in [4.78, 5) is 11.5. The van der Waals surface area contributed by atoms with E-state index in [9.17, 15) is 4.79 Å². The van der Waals surface area contributed by atoms with Crippen molar-refractivity contribution in [1.82, 2.24) is 5.32 Å². The van der Waals surface area contributed by atoms with Gasteiger partial charge in [-0.2, -0.15) is 0 Å². The van der Waals surface area contributed by atoms with Crippen LogP contribution >= 0.6 is 0 Å². The second-order valence-corrected chi connectivity index (χ2v) is 6.55. The lowest BCUT2D eigenvalue weighted by Gasteiger charge is -2.21. The SMILES string of the molecule is CC.CC.CCC(C)(C)CCC(=O)NCCC(C)C.CCCC. The average Bonchev–Trinajstić information content (AvgIpc) is 2.56. The smallest absolute Gasteiger partial charge is 0.220 e. The highest BCUT2D eigenvalue weighted by molar-refractivity contribution is 5.75. The van der Waals surface area contributed by atoms with Crippen molar-refractivity contribution < 1.29 is 4.79 Å². The molecule has 0 saturated carbocycles. The highest BCUT2D eigenvalue weighted by atomic mass is 16.1. The minimum atomic E-state index is 0.206. The molecule has 1 amide bonds. The van der Waals surface area contributed by atoms with Crippen molar-refractivity contribution in [2.75, 3.05) is 6.54 Å². The van der Waals surface area contributed by atoms with Crippen molar-refractivity contribution in [2.45, 2.75) is 115 Å². The summed E-state index contributed by atoms with van der Waals surface area (Å²) in [5.74, 6) is 0.870. The Morgan fingerprint density at radius 3 is 1.70 bits per heavy atom. The monoisotopic (exact) mass is 331 g/mol. The van der Waals surface area contributed by atoms with E-state index in [4.69, 9.17) is 0 Å². The number of hydrogen-bond donors (Lipinski definition) is 1. The van der Waals surface area contributed by atoms with Crippen molar-refractivity contribution in [3.63, 3.8) is 0 Å². The Bertz CT molecular complexity index is 208. The van der Waals surface area contributed by atoms with Crippen molar-refractivity contribution in [2.24, 2.45) is 11.3 Å². The molecule has 2 nitrogen and oxygen atoms in total. The molecule has 0 aliphatic carbocycles. The number of amides is 1. The van der Waals surface area contributed by atoms with Gasteiger partial charge in [0.25, 0.3) is 0 Å². The summed E-state index contributed by atoms with van der Waals surface area (Å²) in [7, 11) is 0. The topological polar surface area (TPSA) is 29.1 Å². The lowest BCUT2D eigenvalue weighted by molar-refractivity contribution is -0.121. The predicted octanol–water partition coefficient (Wildman–Crippen LogP) is 7.22. The lowest BCUT2D eigenvalue weighted by Crippen LogP contribution is -2.26. The van der Waals surface area contributed by atoms with Gasteiger partial charge in [0.2, 0.25) is 5.91 Å². The van der Waals surface area contributed by atoms with Gasteiger partial charge < -0.3 is 5.32 Å². The molecule has 0 saturated heterocycles. The average molecular weight is 332 g/mol. The summed E-state index contributed by atoms with van der Waals surface area (Å²) < 4.78 is 0. The van der Waals surface area contributed by atoms with Crippen LogP contribution in [0.1, 0.15) is 115 Å². The van der Waals surface area contributed by atoms with E-state index in [1.807, 2.05) is 27.7 Å². The molecule has 0 fully saturated rings. The standard InChI is InChI=1S/C13H27NO.C4H10.2C2H6/c1-6-13(4,5)9-7-12(15)14-10-8-11(2)3;1-3-4-2;2*1-2/h11H,6-10H2,1-5H3,(H,14,15);3-4H2,1-2H3;2*1-2H3. The minimum Gasteiger partial charge on any atom is -0.356 e. The first-order valence-corrected chi connectivity index (χ1v) is 10.1. The molecule has 0 aromatic rings. The van der Waals surface area contributed by atoms with Crippen LogP contribution < -0.4 is 5.32 Å². The fourth-order valence-electron chi connectivity index (χ4n) is 1.22. The maximum Gasteiger partial charge on any atom is 0.220 e. The normalized spacial score (nSPS) is 9.57. The van der Waals surface area contributed by atoms with E-state index in [-0.39, 0.29) is 5.91 Å². The first kappa shape index (κ1) is 30.4. The van der Waals surface area contributed by atoms with Gasteiger partial charge in [0.05, 0.1) is 0 Å². The van der Waals surface area contributed by atoms with E-state index < -0.39 is 0 Å². The molecular formula is C21H49NO. The molecular weight excluding hydrogens is 282 g/mol. The Balaban J connectivity index is -0.000000190. The van der Waals surface area contributed by atoms with Gasteiger partial charge in [-0.3, -0.25) is 4.79 Å². The Morgan fingerprint density at radius 1 is 0.957 bits per heavy atom. The summed E-state index contributed by atoms with van der Waals surface area (Å²) >= 11 is 0. The molecule has 0 unspecified atom stereocenters. The van der Waals surface area contributed by atoms with Gasteiger partial charge >= 0.3 is 0 Å². The van der Waals surface area contributed by atoms with Crippen LogP contribution in [-0.4, -0.2) is 12.5 Å². The highest BCUT2D eigenvalue weighted by Gasteiger charge is 2.16. The summed E-state index contributed by atoms with van der Waals surface area (Å²) in [5.41, 5.74) is 0.301. The number of hydrogen-bond acceptors (Lipinski definition) is 1. The highest BCUT2D eigenvalue weighted by Crippen LogP contribution is 2.25. The van der Waals surface area contributed by atoms with Crippen LogP contribution in [0.2, 0.25) is 0 Å². The first-order valence-electron chi connectivity index (χ1n) is 10.1. The van der Waals surface area contributed by atoms with Gasteiger partial charge in [-0.15, -0.1) is 0 Å². The van der Waals surface area contributed by atoms with Crippen LogP contribution in [0.25, 0.3) is 0 Å². The van der Waals surface area contributed by atoms with Crippen LogP contribution in [0.15, 0.2) is 0 Å². The quantitative estimate of drug-likeness (QED) is 0.499. The molecule has 23 heavy (non-hydrogen) atoms. The van der Waals surface area contributed by atoms with Gasteiger partial charge in [0.15, 0.2) is 0 Å². The molecule has 0 spiro atoms. The molecule has 0 bridgehead atoms. The third kappa shape index (κ3) is 34.0. The third-order valence-electron chi connectivity index (χ3n) is 3.53. The van der Waals surface area contributed by atoms with E-state index in [1.165, 1.54) is 12.8 Å². The third-order valence-corrected chi connectivity index (χ3v) is 3.53. The van der Waals surface area contributed by atoms with E-state index >= 15 is 0 Å². The van der Waals surface area contributed by atoms with Gasteiger partial charge in [0, 0.05) is 13.0 Å². The van der Waals surface area contributed by atoms with E-state index in [0.717, 1.165) is 25.8 Å². The molecule has 0 radical (unpaired) electrons. The van der Waals surface area contributed by atoms with Gasteiger partial charge in [0.1, 0.15) is 0 Å². The van der Waals surface area contributed by atoms with E-state index in [1.54, 1.807) is 0 Å². The first-order chi connectivity index (χ1) is 10.8. The number of rotatable bonds is 8. The second-order valence-electron chi connectivity index (χ2n) is 6.55. The summed E-state index contributed by atoms with van der Waals surface area (Å²) in [6.07, 6.45) is 6.49.